The number of carbonyl (C=O) groups excluding carboxylic acids is 2. The molecule has 1 aliphatic rings. The highest BCUT2D eigenvalue weighted by Gasteiger charge is 2.34. The minimum Gasteiger partial charge on any atom is -0.376 e. The number of rotatable bonds is 4. The highest BCUT2D eigenvalue weighted by molar-refractivity contribution is 6.41. The molecule has 0 unspecified atom stereocenters. The van der Waals surface area contributed by atoms with E-state index in [9.17, 15) is 14.0 Å². The Kier molecular flexibility index (Phi) is 5.13. The van der Waals surface area contributed by atoms with Gasteiger partial charge in [0.1, 0.15) is 5.82 Å². The molecule has 1 heterocycles. The molecule has 0 aromatic heterocycles. The fourth-order valence-corrected chi connectivity index (χ4v) is 3.21. The molecule has 7 heteroatoms. The molecule has 1 saturated heterocycles. The summed E-state index contributed by atoms with van der Waals surface area (Å²) in [6, 6.07) is 11.5. The van der Waals surface area contributed by atoms with Gasteiger partial charge in [-0.2, -0.15) is 0 Å². The van der Waals surface area contributed by atoms with Gasteiger partial charge in [-0.05, 0) is 29.8 Å². The van der Waals surface area contributed by atoms with Gasteiger partial charge in [0.15, 0.2) is 0 Å². The van der Waals surface area contributed by atoms with Crippen molar-refractivity contribution in [3.63, 3.8) is 0 Å². The van der Waals surface area contributed by atoms with E-state index in [1.54, 1.807) is 0 Å². The largest absolute Gasteiger partial charge is 0.376 e. The van der Waals surface area contributed by atoms with Crippen molar-refractivity contribution in [1.29, 1.82) is 0 Å². The number of benzene rings is 2. The lowest BCUT2D eigenvalue weighted by Crippen LogP contribution is -2.54. The third-order valence-electron chi connectivity index (χ3n) is 4.34. The number of carbonyl (C=O) groups is 2. The van der Waals surface area contributed by atoms with Crippen molar-refractivity contribution in [3.8, 4) is 0 Å². The fraction of sp³-hybridized carbons (Fsp3) is 0.263. The van der Waals surface area contributed by atoms with Crippen LogP contribution in [0.1, 0.15) is 5.56 Å². The first-order valence-corrected chi connectivity index (χ1v) is 8.57. The molecular formula is C19H19ClFN3O2. The highest BCUT2D eigenvalue weighted by Crippen LogP contribution is 2.29. The molecule has 0 aliphatic carbocycles. The van der Waals surface area contributed by atoms with Crippen molar-refractivity contribution < 1.29 is 14.0 Å². The zero-order chi connectivity index (χ0) is 18.8. The quantitative estimate of drug-likeness (QED) is 0.772. The van der Waals surface area contributed by atoms with Crippen LogP contribution in [0.15, 0.2) is 42.5 Å². The van der Waals surface area contributed by atoms with E-state index < -0.39 is 17.6 Å². The van der Waals surface area contributed by atoms with E-state index in [4.69, 9.17) is 11.6 Å². The van der Waals surface area contributed by atoms with E-state index in [0.29, 0.717) is 24.3 Å². The van der Waals surface area contributed by atoms with Crippen molar-refractivity contribution >= 4 is 34.8 Å². The van der Waals surface area contributed by atoms with Crippen molar-refractivity contribution in [2.45, 2.75) is 6.54 Å². The molecule has 0 spiro atoms. The molecule has 2 aromatic rings. The first kappa shape index (κ1) is 18.2. The number of halogens is 2. The summed E-state index contributed by atoms with van der Waals surface area (Å²) in [7, 11) is 3.77. The Labute approximate surface area is 156 Å². The Bertz CT molecular complexity index is 856. The zero-order valence-corrected chi connectivity index (χ0v) is 15.3. The van der Waals surface area contributed by atoms with Gasteiger partial charge >= 0.3 is 11.8 Å². The molecular weight excluding hydrogens is 357 g/mol. The summed E-state index contributed by atoms with van der Waals surface area (Å²) in [4.78, 5) is 30.1. The third-order valence-corrected chi connectivity index (χ3v) is 4.69. The van der Waals surface area contributed by atoms with E-state index in [1.165, 1.54) is 28.0 Å². The summed E-state index contributed by atoms with van der Waals surface area (Å²) < 4.78 is 13.2. The Morgan fingerprint density at radius 2 is 1.81 bits per heavy atom. The first-order chi connectivity index (χ1) is 12.4. The number of para-hydroxylation sites is 2. The molecule has 136 valence electrons. The molecule has 0 N–H and O–H groups in total. The number of nitrogens with zero attached hydrogens (tertiary/aromatic N) is 3. The standard InChI is InChI=1S/C19H19ClFN3O2/c1-22(2)16-5-3-4-6-17(16)24-10-9-23(18(25)19(24)26)12-13-7-8-14(21)11-15(13)20/h3-8,11H,9-10,12H2,1-2H3. The lowest BCUT2D eigenvalue weighted by Gasteiger charge is -2.35. The Hall–Kier alpha value is -2.60. The summed E-state index contributed by atoms with van der Waals surface area (Å²) in [6.45, 7) is 0.932. The minimum atomic E-state index is -0.592. The maximum absolute atomic E-state index is 13.2. The average molecular weight is 376 g/mol. The Morgan fingerprint density at radius 1 is 1.08 bits per heavy atom. The normalized spacial score (nSPS) is 14.8. The molecule has 5 nitrogen and oxygen atoms in total. The summed E-state index contributed by atoms with van der Waals surface area (Å²) in [6.07, 6.45) is 0. The van der Waals surface area contributed by atoms with Gasteiger partial charge in [0.2, 0.25) is 0 Å². The second-order valence-corrected chi connectivity index (χ2v) is 6.71. The van der Waals surface area contributed by atoms with Gasteiger partial charge in [0, 0.05) is 38.8 Å². The van der Waals surface area contributed by atoms with Crippen LogP contribution < -0.4 is 9.80 Å². The van der Waals surface area contributed by atoms with Gasteiger partial charge in [-0.25, -0.2) is 4.39 Å². The van der Waals surface area contributed by atoms with Crippen LogP contribution in [-0.4, -0.2) is 43.9 Å². The number of hydrogen-bond acceptors (Lipinski definition) is 3. The van der Waals surface area contributed by atoms with Gasteiger partial charge in [-0.1, -0.05) is 29.8 Å². The van der Waals surface area contributed by atoms with Crippen molar-refractivity contribution in [2.75, 3.05) is 37.0 Å². The van der Waals surface area contributed by atoms with E-state index in [1.807, 2.05) is 43.3 Å². The Morgan fingerprint density at radius 3 is 2.50 bits per heavy atom. The summed E-state index contributed by atoms with van der Waals surface area (Å²) in [5.41, 5.74) is 2.18. The Balaban J connectivity index is 1.80. The molecule has 2 aromatic carbocycles. The molecule has 3 rings (SSSR count). The van der Waals surface area contributed by atoms with Crippen LogP contribution in [0.2, 0.25) is 5.02 Å². The van der Waals surface area contributed by atoms with Crippen LogP contribution in [0.5, 0.6) is 0 Å². The number of amides is 2. The van der Waals surface area contributed by atoms with Crippen molar-refractivity contribution in [1.82, 2.24) is 4.90 Å². The maximum Gasteiger partial charge on any atom is 0.316 e. The maximum atomic E-state index is 13.2. The second kappa shape index (κ2) is 7.33. The zero-order valence-electron chi connectivity index (χ0n) is 14.6. The molecule has 0 atom stereocenters. The molecule has 0 bridgehead atoms. The summed E-state index contributed by atoms with van der Waals surface area (Å²) >= 11 is 6.03. The summed E-state index contributed by atoms with van der Waals surface area (Å²) in [5.74, 6) is -1.61. The van der Waals surface area contributed by atoms with Crippen LogP contribution in [0, 0.1) is 5.82 Å². The predicted octanol–water partition coefficient (Wildman–Crippen LogP) is 2.92. The van der Waals surface area contributed by atoms with E-state index in [2.05, 4.69) is 0 Å². The lowest BCUT2D eigenvalue weighted by atomic mass is 10.1. The molecule has 26 heavy (non-hydrogen) atoms. The van der Waals surface area contributed by atoms with E-state index in [-0.39, 0.29) is 11.6 Å². The molecule has 0 radical (unpaired) electrons. The smallest absolute Gasteiger partial charge is 0.316 e. The third kappa shape index (κ3) is 3.51. The SMILES string of the molecule is CN(C)c1ccccc1N1CCN(Cc2ccc(F)cc2Cl)C(=O)C1=O. The fourth-order valence-electron chi connectivity index (χ4n) is 2.98. The van der Waals surface area contributed by atoms with Gasteiger partial charge < -0.3 is 14.7 Å². The van der Waals surface area contributed by atoms with Crippen molar-refractivity contribution in [2.24, 2.45) is 0 Å². The van der Waals surface area contributed by atoms with E-state index in [0.717, 1.165) is 5.69 Å². The first-order valence-electron chi connectivity index (χ1n) is 8.19. The summed E-state index contributed by atoms with van der Waals surface area (Å²) in [5, 5.41) is 0.241. The molecule has 0 saturated carbocycles. The molecule has 2 amide bonds. The monoisotopic (exact) mass is 375 g/mol. The van der Waals surface area contributed by atoms with E-state index >= 15 is 0 Å². The van der Waals surface area contributed by atoms with Crippen LogP contribution in [0.4, 0.5) is 15.8 Å². The number of hydrogen-bond donors (Lipinski definition) is 0. The number of anilines is 2. The van der Waals surface area contributed by atoms with Crippen LogP contribution in [0.25, 0.3) is 0 Å². The minimum absolute atomic E-state index is 0.173. The molecule has 1 aliphatic heterocycles. The number of piperazine rings is 1. The van der Waals surface area contributed by atoms with Gasteiger partial charge in [-0.15, -0.1) is 0 Å². The van der Waals surface area contributed by atoms with Crippen molar-refractivity contribution in [3.05, 3.63) is 58.9 Å². The van der Waals surface area contributed by atoms with Crippen LogP contribution in [-0.2, 0) is 16.1 Å². The van der Waals surface area contributed by atoms with Gasteiger partial charge in [0.05, 0.1) is 11.4 Å². The van der Waals surface area contributed by atoms with Crippen LogP contribution >= 0.6 is 11.6 Å². The van der Waals surface area contributed by atoms with Gasteiger partial charge in [0.25, 0.3) is 0 Å². The second-order valence-electron chi connectivity index (χ2n) is 6.30. The lowest BCUT2D eigenvalue weighted by molar-refractivity contribution is -0.146. The predicted molar refractivity (Wildman–Crippen MR) is 99.9 cm³/mol. The average Bonchev–Trinajstić information content (AvgIpc) is 2.61. The molecule has 1 fully saturated rings. The topological polar surface area (TPSA) is 43.9 Å². The van der Waals surface area contributed by atoms with Crippen LogP contribution in [0.3, 0.4) is 0 Å². The van der Waals surface area contributed by atoms with Gasteiger partial charge in [-0.3, -0.25) is 9.59 Å². The highest BCUT2D eigenvalue weighted by atomic mass is 35.5.